The van der Waals surface area contributed by atoms with Crippen LogP contribution in [0.15, 0.2) is 72.8 Å². The van der Waals surface area contributed by atoms with Crippen LogP contribution in [0, 0.1) is 11.8 Å². The summed E-state index contributed by atoms with van der Waals surface area (Å²) in [5.41, 5.74) is 4.67. The fourth-order valence-corrected chi connectivity index (χ4v) is 8.43. The average Bonchev–Trinajstić information content (AvgIpc) is 3.63. The predicted octanol–water partition coefficient (Wildman–Crippen LogP) is 8.17. The zero-order valence-electron chi connectivity index (χ0n) is 28.3. The lowest BCUT2D eigenvalue weighted by molar-refractivity contribution is -0.0555. The summed E-state index contributed by atoms with van der Waals surface area (Å²) in [7, 11) is 0. The van der Waals surface area contributed by atoms with E-state index in [0.29, 0.717) is 34.8 Å². The van der Waals surface area contributed by atoms with E-state index in [2.05, 4.69) is 0 Å². The number of aliphatic hydroxyl groups excluding tert-OH is 2. The summed E-state index contributed by atoms with van der Waals surface area (Å²) in [6.07, 6.45) is 8.79. The minimum Gasteiger partial charge on any atom is -0.508 e. The maximum absolute atomic E-state index is 12.1. The Morgan fingerprint density at radius 2 is 1.26 bits per heavy atom. The molecule has 0 saturated heterocycles. The van der Waals surface area contributed by atoms with Crippen LogP contribution in [0.4, 0.5) is 0 Å². The fourth-order valence-electron chi connectivity index (χ4n) is 8.43. The van der Waals surface area contributed by atoms with Crippen molar-refractivity contribution in [1.29, 1.82) is 0 Å². The predicted molar refractivity (Wildman–Crippen MR) is 189 cm³/mol. The standard InChI is InChI=1S/C42H46O8/c43-28-8-6-7-25(18-28)34-15-13-29(44)19-26(34)17-27-20-33(50-31-11-4-5-12-31)22-36-41(46)38(24-48-42(27)36)37-23-47-39-16-14-32(21-35(39)40(37)45)49-30-9-2-1-3-10-30/h6-8,13-16,18-22,30-31,37-38,40-41,43-46H,1-5,9-12,17,23-24H2/t37-,38+,40-,41+/m0/s1. The van der Waals surface area contributed by atoms with Crippen molar-refractivity contribution in [3.05, 3.63) is 95.1 Å². The molecule has 4 atom stereocenters. The number of hydrogen-bond donors (Lipinski definition) is 4. The van der Waals surface area contributed by atoms with Gasteiger partial charge >= 0.3 is 0 Å². The Labute approximate surface area is 293 Å². The summed E-state index contributed by atoms with van der Waals surface area (Å²) in [4.78, 5) is 0. The van der Waals surface area contributed by atoms with Gasteiger partial charge in [-0.3, -0.25) is 0 Å². The van der Waals surface area contributed by atoms with Crippen molar-refractivity contribution in [1.82, 2.24) is 0 Å². The van der Waals surface area contributed by atoms with Gasteiger partial charge in [0.05, 0.1) is 37.6 Å². The van der Waals surface area contributed by atoms with Gasteiger partial charge in [0, 0.05) is 34.9 Å². The highest BCUT2D eigenvalue weighted by atomic mass is 16.5. The van der Waals surface area contributed by atoms with Crippen LogP contribution in [-0.4, -0.2) is 45.8 Å². The van der Waals surface area contributed by atoms with Crippen LogP contribution in [0.1, 0.15) is 92.2 Å². The van der Waals surface area contributed by atoms with E-state index in [4.69, 9.17) is 18.9 Å². The van der Waals surface area contributed by atoms with Crippen molar-refractivity contribution in [3.63, 3.8) is 0 Å². The van der Waals surface area contributed by atoms with Crippen molar-refractivity contribution in [2.45, 2.75) is 88.6 Å². The van der Waals surface area contributed by atoms with E-state index in [1.54, 1.807) is 30.3 Å². The molecule has 0 bridgehead atoms. The molecule has 0 spiro atoms. The molecule has 2 saturated carbocycles. The largest absolute Gasteiger partial charge is 0.508 e. The lowest BCUT2D eigenvalue weighted by Gasteiger charge is -2.40. The Morgan fingerprint density at radius 1 is 0.600 bits per heavy atom. The Bertz CT molecular complexity index is 1820. The monoisotopic (exact) mass is 678 g/mol. The van der Waals surface area contributed by atoms with Gasteiger partial charge in [-0.2, -0.15) is 0 Å². The molecule has 4 aromatic rings. The number of phenols is 2. The molecule has 2 aliphatic carbocycles. The molecule has 8 heteroatoms. The van der Waals surface area contributed by atoms with Crippen LogP contribution in [0.25, 0.3) is 11.1 Å². The summed E-state index contributed by atoms with van der Waals surface area (Å²) >= 11 is 0. The molecule has 0 amide bonds. The molecule has 262 valence electrons. The molecule has 0 unspecified atom stereocenters. The zero-order chi connectivity index (χ0) is 34.2. The van der Waals surface area contributed by atoms with Gasteiger partial charge in [-0.1, -0.05) is 24.6 Å². The zero-order valence-corrected chi connectivity index (χ0v) is 28.3. The van der Waals surface area contributed by atoms with Crippen LogP contribution in [0.5, 0.6) is 34.5 Å². The Morgan fingerprint density at radius 3 is 2.02 bits per heavy atom. The number of fused-ring (bicyclic) bond motifs is 2. The molecule has 0 aromatic heterocycles. The topological polar surface area (TPSA) is 118 Å². The Kier molecular flexibility index (Phi) is 9.23. The first kappa shape index (κ1) is 32.8. The summed E-state index contributed by atoms with van der Waals surface area (Å²) in [6, 6.07) is 21.9. The number of hydrogen-bond acceptors (Lipinski definition) is 8. The Hall–Kier alpha value is -4.40. The first-order valence-corrected chi connectivity index (χ1v) is 18.3. The smallest absolute Gasteiger partial charge is 0.128 e. The van der Waals surface area contributed by atoms with Gasteiger partial charge in [-0.05, 0) is 123 Å². The van der Waals surface area contributed by atoms with Gasteiger partial charge in [0.25, 0.3) is 0 Å². The fraction of sp³-hybridized carbons (Fsp3) is 0.429. The van der Waals surface area contributed by atoms with E-state index in [-0.39, 0.29) is 36.9 Å². The SMILES string of the molecule is Oc1cccc(-c2ccc(O)cc2Cc2cc(OC3CCCC3)cc3c2OC[C@H]([C@@H]2COc4ccc(OC5CCCCC5)cc4[C@@H]2O)[C@@H]3O)c1. The molecule has 2 heterocycles. The van der Waals surface area contributed by atoms with Crippen LogP contribution in [0.2, 0.25) is 0 Å². The lowest BCUT2D eigenvalue weighted by atomic mass is 9.77. The van der Waals surface area contributed by atoms with Crippen LogP contribution >= 0.6 is 0 Å². The highest BCUT2D eigenvalue weighted by molar-refractivity contribution is 5.70. The van der Waals surface area contributed by atoms with Crippen molar-refractivity contribution in [2.24, 2.45) is 11.8 Å². The number of rotatable bonds is 8. The van der Waals surface area contributed by atoms with E-state index in [1.165, 1.54) is 19.3 Å². The first-order valence-electron chi connectivity index (χ1n) is 18.3. The van der Waals surface area contributed by atoms with Crippen molar-refractivity contribution < 1.29 is 39.4 Å². The van der Waals surface area contributed by atoms with Crippen LogP contribution in [0.3, 0.4) is 0 Å². The molecule has 8 nitrogen and oxygen atoms in total. The number of phenolic OH excluding ortho intramolecular Hbond substituents is 2. The van der Waals surface area contributed by atoms with Crippen molar-refractivity contribution >= 4 is 0 Å². The van der Waals surface area contributed by atoms with Gasteiger partial charge in [0.2, 0.25) is 0 Å². The molecule has 4 N–H and O–H groups in total. The van der Waals surface area contributed by atoms with E-state index in [1.807, 2.05) is 42.5 Å². The molecule has 2 aliphatic heterocycles. The number of benzene rings is 4. The number of ether oxygens (including phenoxy) is 4. The number of aromatic hydroxyl groups is 2. The van der Waals surface area contributed by atoms with Crippen molar-refractivity contribution in [2.75, 3.05) is 13.2 Å². The minimum atomic E-state index is -0.939. The molecule has 8 rings (SSSR count). The molecule has 4 aromatic carbocycles. The lowest BCUT2D eigenvalue weighted by Crippen LogP contribution is -2.40. The van der Waals surface area contributed by atoms with Crippen molar-refractivity contribution in [3.8, 4) is 45.6 Å². The van der Waals surface area contributed by atoms with E-state index < -0.39 is 24.0 Å². The summed E-state index contributed by atoms with van der Waals surface area (Å²) in [5.74, 6) is 2.08. The molecule has 4 aliphatic rings. The molecular weight excluding hydrogens is 632 g/mol. The van der Waals surface area contributed by atoms with Gasteiger partial charge in [0.1, 0.15) is 34.5 Å². The van der Waals surface area contributed by atoms with Crippen LogP contribution in [-0.2, 0) is 6.42 Å². The normalized spacial score (nSPS) is 23.7. The molecular formula is C42H46O8. The second-order valence-corrected chi connectivity index (χ2v) is 14.5. The summed E-state index contributed by atoms with van der Waals surface area (Å²) < 4.78 is 25.5. The van der Waals surface area contributed by atoms with Gasteiger partial charge in [-0.25, -0.2) is 0 Å². The molecule has 0 radical (unpaired) electrons. The van der Waals surface area contributed by atoms with Gasteiger partial charge < -0.3 is 39.4 Å². The quantitative estimate of drug-likeness (QED) is 0.147. The summed E-state index contributed by atoms with van der Waals surface area (Å²) in [6.45, 7) is 0.446. The van der Waals surface area contributed by atoms with Crippen LogP contribution < -0.4 is 18.9 Å². The minimum absolute atomic E-state index is 0.108. The van der Waals surface area contributed by atoms with E-state index in [9.17, 15) is 20.4 Å². The van der Waals surface area contributed by atoms with E-state index >= 15 is 0 Å². The summed E-state index contributed by atoms with van der Waals surface area (Å²) in [5, 5.41) is 44.6. The van der Waals surface area contributed by atoms with Gasteiger partial charge in [0.15, 0.2) is 0 Å². The molecule has 2 fully saturated rings. The Balaban J connectivity index is 1.10. The second kappa shape index (κ2) is 14.1. The third-order valence-corrected chi connectivity index (χ3v) is 11.1. The third kappa shape index (κ3) is 6.71. The van der Waals surface area contributed by atoms with Gasteiger partial charge in [-0.15, -0.1) is 0 Å². The third-order valence-electron chi connectivity index (χ3n) is 11.1. The van der Waals surface area contributed by atoms with E-state index in [0.717, 1.165) is 66.5 Å². The number of aliphatic hydroxyl groups is 2. The highest BCUT2D eigenvalue weighted by Crippen LogP contribution is 2.49. The maximum Gasteiger partial charge on any atom is 0.128 e. The highest BCUT2D eigenvalue weighted by Gasteiger charge is 2.43. The molecule has 50 heavy (non-hydrogen) atoms. The average molecular weight is 679 g/mol. The second-order valence-electron chi connectivity index (χ2n) is 14.5. The maximum atomic E-state index is 12.1. The first-order chi connectivity index (χ1) is 24.4.